The van der Waals surface area contributed by atoms with Gasteiger partial charge in [-0.2, -0.15) is 0 Å². The molecule has 0 bridgehead atoms. The number of hydrogen-bond acceptors (Lipinski definition) is 3. The molecule has 0 spiro atoms. The highest BCUT2D eigenvalue weighted by molar-refractivity contribution is 5.74. The lowest BCUT2D eigenvalue weighted by Crippen LogP contribution is -2.44. The lowest BCUT2D eigenvalue weighted by atomic mass is 9.90. The van der Waals surface area contributed by atoms with Gasteiger partial charge >= 0.3 is 0 Å². The van der Waals surface area contributed by atoms with Crippen molar-refractivity contribution in [2.45, 2.75) is 51.3 Å². The van der Waals surface area contributed by atoms with Gasteiger partial charge in [-0.1, -0.05) is 19.1 Å². The molecule has 1 fully saturated rings. The Hall–Kier alpha value is -1.39. The van der Waals surface area contributed by atoms with E-state index in [1.807, 2.05) is 18.2 Å². The normalized spacial score (nSPS) is 27.0. The highest BCUT2D eigenvalue weighted by atomic mass is 16.5. The van der Waals surface area contributed by atoms with Crippen LogP contribution in [0.25, 0.3) is 11.0 Å². The molecule has 2 heterocycles. The van der Waals surface area contributed by atoms with E-state index < -0.39 is 0 Å². The van der Waals surface area contributed by atoms with Gasteiger partial charge in [0.2, 0.25) is 0 Å². The number of fused-ring (bicyclic) bond motifs is 1. The number of para-hydroxylation sites is 2. The molecule has 1 aromatic carbocycles. The fourth-order valence-corrected chi connectivity index (χ4v) is 2.88. The number of imidazole rings is 1. The lowest BCUT2D eigenvalue weighted by Gasteiger charge is -2.38. The Bertz CT molecular complexity index is 547. The van der Waals surface area contributed by atoms with Crippen LogP contribution in [0.4, 0.5) is 0 Å². The monoisotopic (exact) mass is 273 g/mol. The smallest absolute Gasteiger partial charge is 0.121 e. The predicted molar refractivity (Wildman–Crippen MR) is 80.6 cm³/mol. The third-order valence-electron chi connectivity index (χ3n) is 4.34. The van der Waals surface area contributed by atoms with Gasteiger partial charge in [0.1, 0.15) is 5.82 Å². The van der Waals surface area contributed by atoms with Crippen molar-refractivity contribution in [2.24, 2.45) is 0 Å². The minimum absolute atomic E-state index is 0.0315. The van der Waals surface area contributed by atoms with Crippen LogP contribution >= 0.6 is 0 Å². The zero-order valence-electron chi connectivity index (χ0n) is 12.3. The summed E-state index contributed by atoms with van der Waals surface area (Å²) in [6.07, 6.45) is 3.22. The standard InChI is InChI=1S/C16H23N3O/c1-3-16(2)10-12(8-9-20-16)17-11-15-18-13-6-4-5-7-14(13)19-15/h4-7,12,17H,3,8-11H2,1-2H3,(H,18,19). The zero-order valence-corrected chi connectivity index (χ0v) is 12.3. The Morgan fingerprint density at radius 3 is 3.10 bits per heavy atom. The molecule has 20 heavy (non-hydrogen) atoms. The second-order valence-electron chi connectivity index (χ2n) is 5.92. The largest absolute Gasteiger partial charge is 0.375 e. The third kappa shape index (κ3) is 2.86. The molecular formula is C16H23N3O. The van der Waals surface area contributed by atoms with Crippen LogP contribution in [0.15, 0.2) is 24.3 Å². The molecule has 1 saturated heterocycles. The fourth-order valence-electron chi connectivity index (χ4n) is 2.88. The summed E-state index contributed by atoms with van der Waals surface area (Å²) in [5, 5.41) is 3.61. The molecule has 2 unspecified atom stereocenters. The van der Waals surface area contributed by atoms with Gasteiger partial charge < -0.3 is 15.0 Å². The van der Waals surface area contributed by atoms with Gasteiger partial charge in [0, 0.05) is 12.6 Å². The summed E-state index contributed by atoms with van der Waals surface area (Å²) in [4.78, 5) is 7.97. The molecule has 0 radical (unpaired) electrons. The molecule has 2 N–H and O–H groups in total. The summed E-state index contributed by atoms with van der Waals surface area (Å²) in [6, 6.07) is 8.67. The maximum absolute atomic E-state index is 5.88. The van der Waals surface area contributed by atoms with Crippen LogP contribution in [0.5, 0.6) is 0 Å². The van der Waals surface area contributed by atoms with Gasteiger partial charge in [0.25, 0.3) is 0 Å². The maximum atomic E-state index is 5.88. The van der Waals surface area contributed by atoms with Crippen LogP contribution in [0, 0.1) is 0 Å². The first-order chi connectivity index (χ1) is 9.68. The predicted octanol–water partition coefficient (Wildman–Crippen LogP) is 3.00. The van der Waals surface area contributed by atoms with E-state index in [0.29, 0.717) is 6.04 Å². The number of aromatic nitrogens is 2. The van der Waals surface area contributed by atoms with Crippen LogP contribution in [-0.2, 0) is 11.3 Å². The molecule has 1 aliphatic heterocycles. The maximum Gasteiger partial charge on any atom is 0.121 e. The molecule has 2 atom stereocenters. The Morgan fingerprint density at radius 1 is 1.45 bits per heavy atom. The molecule has 0 saturated carbocycles. The number of ether oxygens (including phenoxy) is 1. The molecular weight excluding hydrogens is 250 g/mol. The molecule has 2 aromatic rings. The summed E-state index contributed by atoms with van der Waals surface area (Å²) in [6.45, 7) is 6.05. The van der Waals surface area contributed by atoms with E-state index in [9.17, 15) is 0 Å². The Kier molecular flexibility index (Phi) is 3.76. The molecule has 0 aliphatic carbocycles. The summed E-state index contributed by atoms with van der Waals surface area (Å²) in [5.74, 6) is 1.01. The topological polar surface area (TPSA) is 49.9 Å². The van der Waals surface area contributed by atoms with Crippen molar-refractivity contribution in [3.8, 4) is 0 Å². The van der Waals surface area contributed by atoms with E-state index in [0.717, 1.165) is 49.3 Å². The number of aromatic amines is 1. The summed E-state index contributed by atoms with van der Waals surface area (Å²) < 4.78 is 5.88. The molecule has 3 rings (SSSR count). The van der Waals surface area contributed by atoms with Gasteiger partial charge in [0.05, 0.1) is 23.2 Å². The van der Waals surface area contributed by atoms with E-state index in [-0.39, 0.29) is 5.60 Å². The van der Waals surface area contributed by atoms with E-state index in [1.165, 1.54) is 0 Å². The van der Waals surface area contributed by atoms with Crippen molar-refractivity contribution in [3.63, 3.8) is 0 Å². The van der Waals surface area contributed by atoms with Gasteiger partial charge in [-0.05, 0) is 38.3 Å². The first kappa shape index (κ1) is 13.6. The molecule has 4 nitrogen and oxygen atoms in total. The van der Waals surface area contributed by atoms with Gasteiger partial charge in [-0.15, -0.1) is 0 Å². The second kappa shape index (κ2) is 5.54. The number of nitrogens with one attached hydrogen (secondary N) is 2. The number of H-pyrrole nitrogens is 1. The minimum Gasteiger partial charge on any atom is -0.375 e. The number of hydrogen-bond donors (Lipinski definition) is 2. The van der Waals surface area contributed by atoms with Gasteiger partial charge in [0.15, 0.2) is 0 Å². The summed E-state index contributed by atoms with van der Waals surface area (Å²) in [5.41, 5.74) is 2.17. The Labute approximate surface area is 119 Å². The van der Waals surface area contributed by atoms with E-state index >= 15 is 0 Å². The first-order valence-electron chi connectivity index (χ1n) is 7.49. The van der Waals surface area contributed by atoms with E-state index in [2.05, 4.69) is 35.2 Å². The lowest BCUT2D eigenvalue weighted by molar-refractivity contribution is -0.0781. The molecule has 108 valence electrons. The summed E-state index contributed by atoms with van der Waals surface area (Å²) in [7, 11) is 0. The van der Waals surface area contributed by atoms with Crippen molar-refractivity contribution in [1.29, 1.82) is 0 Å². The van der Waals surface area contributed by atoms with Crippen LogP contribution in [0.1, 0.15) is 38.9 Å². The molecule has 0 amide bonds. The summed E-state index contributed by atoms with van der Waals surface area (Å²) >= 11 is 0. The molecule has 1 aliphatic rings. The van der Waals surface area contributed by atoms with Gasteiger partial charge in [-0.25, -0.2) is 4.98 Å². The van der Waals surface area contributed by atoms with Crippen LogP contribution in [0.3, 0.4) is 0 Å². The number of nitrogens with zero attached hydrogens (tertiary/aromatic N) is 1. The minimum atomic E-state index is 0.0315. The zero-order chi connectivity index (χ0) is 14.0. The van der Waals surface area contributed by atoms with Crippen molar-refractivity contribution in [2.75, 3.05) is 6.61 Å². The van der Waals surface area contributed by atoms with E-state index in [4.69, 9.17) is 4.74 Å². The number of benzene rings is 1. The fraction of sp³-hybridized carbons (Fsp3) is 0.562. The van der Waals surface area contributed by atoms with Crippen molar-refractivity contribution >= 4 is 11.0 Å². The average molecular weight is 273 g/mol. The van der Waals surface area contributed by atoms with Crippen molar-refractivity contribution < 1.29 is 4.74 Å². The molecule has 1 aromatic heterocycles. The van der Waals surface area contributed by atoms with Gasteiger partial charge in [-0.3, -0.25) is 0 Å². The SMILES string of the molecule is CCC1(C)CC(NCc2nc3ccccc3[nH]2)CCO1. The van der Waals surface area contributed by atoms with Crippen LogP contribution < -0.4 is 5.32 Å². The highest BCUT2D eigenvalue weighted by Gasteiger charge is 2.31. The van der Waals surface area contributed by atoms with Crippen LogP contribution in [0.2, 0.25) is 0 Å². The quantitative estimate of drug-likeness (QED) is 0.900. The second-order valence-corrected chi connectivity index (χ2v) is 5.92. The Morgan fingerprint density at radius 2 is 2.30 bits per heavy atom. The molecule has 4 heteroatoms. The number of rotatable bonds is 4. The van der Waals surface area contributed by atoms with Crippen LogP contribution in [-0.4, -0.2) is 28.2 Å². The Balaban J connectivity index is 1.61. The average Bonchev–Trinajstić information content (AvgIpc) is 2.88. The van der Waals surface area contributed by atoms with Crippen molar-refractivity contribution in [3.05, 3.63) is 30.1 Å². The highest BCUT2D eigenvalue weighted by Crippen LogP contribution is 2.27. The van der Waals surface area contributed by atoms with E-state index in [1.54, 1.807) is 0 Å². The first-order valence-corrected chi connectivity index (χ1v) is 7.49. The van der Waals surface area contributed by atoms with Crippen molar-refractivity contribution in [1.82, 2.24) is 15.3 Å². The third-order valence-corrected chi connectivity index (χ3v) is 4.34.